The van der Waals surface area contributed by atoms with Gasteiger partial charge in [-0.05, 0) is 23.3 Å². The fourth-order valence-electron chi connectivity index (χ4n) is 3.65. The third-order valence-corrected chi connectivity index (χ3v) is 5.28. The minimum atomic E-state index is -0.446. The summed E-state index contributed by atoms with van der Waals surface area (Å²) in [4.78, 5) is 24.0. The van der Waals surface area contributed by atoms with E-state index >= 15 is 0 Å². The Bertz CT molecular complexity index is 1020. The Labute approximate surface area is 179 Å². The molecular weight excluding hydrogens is 399 g/mol. The Kier molecular flexibility index (Phi) is 6.32. The van der Waals surface area contributed by atoms with E-state index in [-0.39, 0.29) is 17.3 Å². The Hall–Kier alpha value is -3.59. The van der Waals surface area contributed by atoms with E-state index < -0.39 is 4.92 Å². The molecule has 2 aromatic carbocycles. The maximum atomic E-state index is 13.1. The standard InChI is InChI=1S/C22H23FN6O2/c23-19-8-6-17(7-9-19)14-24-21-20(29(30)31)22(26-16-25-21)28-12-10-27(11-13-28)15-18-4-2-1-3-5-18/h1-9,16H,10-15H2,(H,24,25,26). The van der Waals surface area contributed by atoms with Crippen LogP contribution in [0.1, 0.15) is 11.1 Å². The molecule has 0 saturated carbocycles. The van der Waals surface area contributed by atoms with Crippen LogP contribution in [0.5, 0.6) is 0 Å². The average molecular weight is 422 g/mol. The molecule has 0 unspecified atom stereocenters. The van der Waals surface area contributed by atoms with E-state index in [1.54, 1.807) is 12.1 Å². The van der Waals surface area contributed by atoms with Crippen LogP contribution in [0.4, 0.5) is 21.7 Å². The van der Waals surface area contributed by atoms with E-state index in [2.05, 4.69) is 32.3 Å². The van der Waals surface area contributed by atoms with Crippen molar-refractivity contribution in [1.82, 2.24) is 14.9 Å². The summed E-state index contributed by atoms with van der Waals surface area (Å²) in [6.07, 6.45) is 1.34. The first-order chi connectivity index (χ1) is 15.1. The fourth-order valence-corrected chi connectivity index (χ4v) is 3.65. The lowest BCUT2D eigenvalue weighted by Crippen LogP contribution is -2.46. The molecule has 1 aromatic heterocycles. The lowest BCUT2D eigenvalue weighted by molar-refractivity contribution is -0.383. The number of hydrogen-bond donors (Lipinski definition) is 1. The van der Waals surface area contributed by atoms with Gasteiger partial charge >= 0.3 is 5.69 Å². The Morgan fingerprint density at radius 2 is 1.68 bits per heavy atom. The van der Waals surface area contributed by atoms with Gasteiger partial charge in [-0.15, -0.1) is 0 Å². The first kappa shape index (κ1) is 20.7. The largest absolute Gasteiger partial charge is 0.360 e. The van der Waals surface area contributed by atoms with Crippen molar-refractivity contribution in [2.24, 2.45) is 0 Å². The molecule has 0 bridgehead atoms. The molecule has 0 radical (unpaired) electrons. The molecule has 31 heavy (non-hydrogen) atoms. The van der Waals surface area contributed by atoms with Gasteiger partial charge in [0.2, 0.25) is 11.6 Å². The second kappa shape index (κ2) is 9.48. The van der Waals surface area contributed by atoms with Gasteiger partial charge in [-0.1, -0.05) is 42.5 Å². The van der Waals surface area contributed by atoms with E-state index in [4.69, 9.17) is 0 Å². The summed E-state index contributed by atoms with van der Waals surface area (Å²) >= 11 is 0. The number of piperazine rings is 1. The zero-order valence-electron chi connectivity index (χ0n) is 16.9. The van der Waals surface area contributed by atoms with Crippen LogP contribution in [-0.4, -0.2) is 46.0 Å². The van der Waals surface area contributed by atoms with Gasteiger partial charge in [-0.2, -0.15) is 0 Å². The first-order valence-electron chi connectivity index (χ1n) is 10.1. The quantitative estimate of drug-likeness (QED) is 0.461. The molecular formula is C22H23FN6O2. The smallest absolute Gasteiger partial charge is 0.353 e. The summed E-state index contributed by atoms with van der Waals surface area (Å²) in [6, 6.07) is 16.2. The minimum absolute atomic E-state index is 0.138. The van der Waals surface area contributed by atoms with Crippen LogP contribution >= 0.6 is 0 Å². The van der Waals surface area contributed by atoms with Gasteiger partial charge < -0.3 is 10.2 Å². The number of nitro groups is 1. The molecule has 1 saturated heterocycles. The predicted molar refractivity (Wildman–Crippen MR) is 116 cm³/mol. The Balaban J connectivity index is 1.45. The van der Waals surface area contributed by atoms with Gasteiger partial charge in [0.05, 0.1) is 4.92 Å². The highest BCUT2D eigenvalue weighted by Gasteiger charge is 2.29. The number of nitrogens with one attached hydrogen (secondary N) is 1. The van der Waals surface area contributed by atoms with Crippen LogP contribution in [-0.2, 0) is 13.1 Å². The SMILES string of the molecule is O=[N+]([O-])c1c(NCc2ccc(F)cc2)ncnc1N1CCN(Cc2ccccc2)CC1. The maximum Gasteiger partial charge on any atom is 0.353 e. The van der Waals surface area contributed by atoms with E-state index in [1.807, 2.05) is 23.1 Å². The number of benzene rings is 2. The summed E-state index contributed by atoms with van der Waals surface area (Å²) in [5, 5.41) is 14.8. The van der Waals surface area contributed by atoms with Crippen LogP contribution in [0, 0.1) is 15.9 Å². The topological polar surface area (TPSA) is 87.4 Å². The second-order valence-corrected chi connectivity index (χ2v) is 7.38. The van der Waals surface area contributed by atoms with Gasteiger partial charge in [0.25, 0.3) is 0 Å². The van der Waals surface area contributed by atoms with Crippen molar-refractivity contribution in [1.29, 1.82) is 0 Å². The van der Waals surface area contributed by atoms with Crippen molar-refractivity contribution >= 4 is 17.3 Å². The van der Waals surface area contributed by atoms with E-state index in [1.165, 1.54) is 24.0 Å². The number of nitrogens with zero attached hydrogens (tertiary/aromatic N) is 5. The summed E-state index contributed by atoms with van der Waals surface area (Å²) in [7, 11) is 0. The maximum absolute atomic E-state index is 13.1. The first-order valence-corrected chi connectivity index (χ1v) is 10.1. The molecule has 160 valence electrons. The molecule has 1 fully saturated rings. The lowest BCUT2D eigenvalue weighted by atomic mass is 10.2. The fraction of sp³-hybridized carbons (Fsp3) is 0.273. The third-order valence-electron chi connectivity index (χ3n) is 5.28. The van der Waals surface area contributed by atoms with Gasteiger partial charge in [0.1, 0.15) is 12.1 Å². The molecule has 2 heterocycles. The molecule has 0 atom stereocenters. The molecule has 0 spiro atoms. The van der Waals surface area contributed by atoms with E-state index in [0.717, 1.165) is 25.2 Å². The zero-order valence-corrected chi connectivity index (χ0v) is 16.9. The molecule has 1 aliphatic rings. The van der Waals surface area contributed by atoms with Crippen molar-refractivity contribution < 1.29 is 9.31 Å². The van der Waals surface area contributed by atoms with Crippen molar-refractivity contribution in [3.8, 4) is 0 Å². The van der Waals surface area contributed by atoms with Crippen LogP contribution < -0.4 is 10.2 Å². The molecule has 1 N–H and O–H groups in total. The number of halogens is 1. The predicted octanol–water partition coefficient (Wildman–Crippen LogP) is 3.46. The summed E-state index contributed by atoms with van der Waals surface area (Å²) < 4.78 is 13.1. The highest BCUT2D eigenvalue weighted by molar-refractivity contribution is 5.70. The van der Waals surface area contributed by atoms with Crippen molar-refractivity contribution in [2.75, 3.05) is 36.4 Å². The lowest BCUT2D eigenvalue weighted by Gasteiger charge is -2.35. The molecule has 1 aliphatic heterocycles. The van der Waals surface area contributed by atoms with Gasteiger partial charge in [-0.3, -0.25) is 15.0 Å². The Morgan fingerprint density at radius 3 is 2.35 bits per heavy atom. The normalized spacial score (nSPS) is 14.4. The highest BCUT2D eigenvalue weighted by Crippen LogP contribution is 2.32. The summed E-state index contributed by atoms with van der Waals surface area (Å²) in [5.74, 6) is 0.150. The summed E-state index contributed by atoms with van der Waals surface area (Å²) in [5.41, 5.74) is 1.91. The number of aromatic nitrogens is 2. The molecule has 0 amide bonds. The zero-order chi connectivity index (χ0) is 21.6. The highest BCUT2D eigenvalue weighted by atomic mass is 19.1. The molecule has 9 heteroatoms. The van der Waals surface area contributed by atoms with E-state index in [0.29, 0.717) is 25.5 Å². The molecule has 0 aliphatic carbocycles. The average Bonchev–Trinajstić information content (AvgIpc) is 2.79. The minimum Gasteiger partial charge on any atom is -0.360 e. The van der Waals surface area contributed by atoms with Crippen LogP contribution in [0.25, 0.3) is 0 Å². The third kappa shape index (κ3) is 5.13. The molecule has 4 rings (SSSR count). The van der Waals surface area contributed by atoms with Gasteiger partial charge in [-0.25, -0.2) is 14.4 Å². The van der Waals surface area contributed by atoms with E-state index in [9.17, 15) is 14.5 Å². The van der Waals surface area contributed by atoms with Gasteiger partial charge in [0.15, 0.2) is 0 Å². The second-order valence-electron chi connectivity index (χ2n) is 7.38. The number of rotatable bonds is 7. The Morgan fingerprint density at radius 1 is 0.968 bits per heavy atom. The number of anilines is 2. The van der Waals surface area contributed by atoms with Crippen LogP contribution in [0.15, 0.2) is 60.9 Å². The van der Waals surface area contributed by atoms with Crippen LogP contribution in [0.3, 0.4) is 0 Å². The van der Waals surface area contributed by atoms with Crippen molar-refractivity contribution in [2.45, 2.75) is 13.1 Å². The molecule has 3 aromatic rings. The number of hydrogen-bond acceptors (Lipinski definition) is 7. The monoisotopic (exact) mass is 422 g/mol. The van der Waals surface area contributed by atoms with Crippen molar-refractivity contribution in [3.63, 3.8) is 0 Å². The van der Waals surface area contributed by atoms with Crippen molar-refractivity contribution in [3.05, 3.63) is 88.0 Å². The molecule has 8 nitrogen and oxygen atoms in total. The van der Waals surface area contributed by atoms with Gasteiger partial charge in [0, 0.05) is 39.3 Å². The van der Waals surface area contributed by atoms with Crippen LogP contribution in [0.2, 0.25) is 0 Å². The summed E-state index contributed by atoms with van der Waals surface area (Å²) in [6.45, 7) is 4.00.